The number of nitrogens with zero attached hydrogens (tertiary/aromatic N) is 1. The molecule has 144 valence electrons. The Morgan fingerprint density at radius 3 is 2.89 bits per heavy atom. The summed E-state index contributed by atoms with van der Waals surface area (Å²) in [5.74, 6) is 0.494. The van der Waals surface area contributed by atoms with Gasteiger partial charge in [0.2, 0.25) is 0 Å². The van der Waals surface area contributed by atoms with Gasteiger partial charge >= 0.3 is 0 Å². The third-order valence-electron chi connectivity index (χ3n) is 4.61. The molecule has 3 aromatic rings. The van der Waals surface area contributed by atoms with Crippen LogP contribution in [0.4, 0.5) is 5.13 Å². The fourth-order valence-electron chi connectivity index (χ4n) is 3.26. The van der Waals surface area contributed by atoms with E-state index in [1.54, 1.807) is 18.3 Å². The quantitative estimate of drug-likeness (QED) is 0.555. The lowest BCUT2D eigenvalue weighted by atomic mass is 10.1. The Labute approximate surface area is 177 Å². The summed E-state index contributed by atoms with van der Waals surface area (Å²) in [5, 5.41) is 4.62. The predicted octanol–water partition coefficient (Wildman–Crippen LogP) is 5.55. The van der Waals surface area contributed by atoms with Gasteiger partial charge in [-0.2, -0.15) is 0 Å². The summed E-state index contributed by atoms with van der Waals surface area (Å²) >= 11 is 13.7. The van der Waals surface area contributed by atoms with E-state index >= 15 is 0 Å². The molecule has 0 unspecified atom stereocenters. The van der Waals surface area contributed by atoms with Crippen molar-refractivity contribution in [2.75, 3.05) is 11.9 Å². The summed E-state index contributed by atoms with van der Waals surface area (Å²) in [4.78, 5) is 17.4. The number of amides is 1. The first-order chi connectivity index (χ1) is 13.6. The van der Waals surface area contributed by atoms with E-state index in [1.807, 2.05) is 18.2 Å². The highest BCUT2D eigenvalue weighted by molar-refractivity contribution is 7.15. The zero-order valence-corrected chi connectivity index (χ0v) is 17.3. The lowest BCUT2D eigenvalue weighted by Crippen LogP contribution is -2.20. The van der Waals surface area contributed by atoms with Crippen LogP contribution in [0.3, 0.4) is 0 Å². The van der Waals surface area contributed by atoms with Gasteiger partial charge in [0.15, 0.2) is 11.7 Å². The van der Waals surface area contributed by atoms with Crippen LogP contribution in [0.1, 0.15) is 28.0 Å². The highest BCUT2D eigenvalue weighted by atomic mass is 35.5. The predicted molar refractivity (Wildman–Crippen MR) is 114 cm³/mol. The number of ether oxygens (including phenoxy) is 1. The summed E-state index contributed by atoms with van der Waals surface area (Å²) in [6, 6.07) is 11.4. The normalized spacial score (nSPS) is 12.6. The average molecular weight is 433 g/mol. The van der Waals surface area contributed by atoms with Crippen LogP contribution in [-0.2, 0) is 24.1 Å². The van der Waals surface area contributed by atoms with Crippen LogP contribution in [0.25, 0.3) is 0 Å². The second kappa shape index (κ2) is 8.52. The van der Waals surface area contributed by atoms with Crippen molar-refractivity contribution in [2.24, 2.45) is 0 Å². The van der Waals surface area contributed by atoms with Gasteiger partial charge in [0, 0.05) is 27.5 Å². The monoisotopic (exact) mass is 432 g/mol. The molecule has 0 radical (unpaired) electrons. The summed E-state index contributed by atoms with van der Waals surface area (Å²) in [7, 11) is 0. The highest BCUT2D eigenvalue weighted by Gasteiger charge is 2.13. The van der Waals surface area contributed by atoms with Gasteiger partial charge in [0.25, 0.3) is 5.91 Å². The number of carbonyl (C=O) groups is 1. The number of hydrogen-bond donors (Lipinski definition) is 1. The minimum absolute atomic E-state index is 0.0478. The topological polar surface area (TPSA) is 51.2 Å². The Kier molecular flexibility index (Phi) is 5.85. The van der Waals surface area contributed by atoms with Crippen molar-refractivity contribution in [3.8, 4) is 5.75 Å². The van der Waals surface area contributed by atoms with Crippen molar-refractivity contribution in [2.45, 2.75) is 25.7 Å². The lowest BCUT2D eigenvalue weighted by Gasteiger charge is -2.07. The molecule has 4 rings (SSSR count). The van der Waals surface area contributed by atoms with Gasteiger partial charge in [-0.25, -0.2) is 4.98 Å². The van der Waals surface area contributed by atoms with Crippen LogP contribution in [0.5, 0.6) is 5.75 Å². The molecule has 4 nitrogen and oxygen atoms in total. The third kappa shape index (κ3) is 4.66. The number of aryl methyl sites for hydroxylation is 2. The van der Waals surface area contributed by atoms with Crippen LogP contribution in [-0.4, -0.2) is 17.5 Å². The van der Waals surface area contributed by atoms with Crippen molar-refractivity contribution in [1.29, 1.82) is 0 Å². The Bertz CT molecular complexity index is 1020. The zero-order valence-electron chi connectivity index (χ0n) is 15.0. The van der Waals surface area contributed by atoms with Gasteiger partial charge in [-0.05, 0) is 66.3 Å². The van der Waals surface area contributed by atoms with Crippen molar-refractivity contribution >= 4 is 45.6 Å². The van der Waals surface area contributed by atoms with E-state index in [-0.39, 0.29) is 12.5 Å². The first-order valence-corrected chi connectivity index (χ1v) is 10.6. The van der Waals surface area contributed by atoms with Gasteiger partial charge in [-0.3, -0.25) is 10.1 Å². The number of fused-ring (bicyclic) bond motifs is 1. The van der Waals surface area contributed by atoms with Gasteiger partial charge in [-0.1, -0.05) is 29.3 Å². The number of carbonyl (C=O) groups excluding carboxylic acids is 1. The number of thiazole rings is 1. The number of nitrogens with one attached hydrogen (secondary N) is 1. The molecule has 0 saturated heterocycles. The summed E-state index contributed by atoms with van der Waals surface area (Å²) in [6.07, 6.45) is 5.74. The van der Waals surface area contributed by atoms with Crippen LogP contribution >= 0.6 is 34.5 Å². The van der Waals surface area contributed by atoms with Gasteiger partial charge < -0.3 is 4.74 Å². The van der Waals surface area contributed by atoms with E-state index in [4.69, 9.17) is 27.9 Å². The van der Waals surface area contributed by atoms with Crippen LogP contribution in [0.15, 0.2) is 42.6 Å². The maximum Gasteiger partial charge on any atom is 0.264 e. The molecule has 1 aromatic heterocycles. The molecule has 0 saturated carbocycles. The largest absolute Gasteiger partial charge is 0.484 e. The average Bonchev–Trinajstić information content (AvgIpc) is 3.32. The van der Waals surface area contributed by atoms with Crippen LogP contribution in [0, 0.1) is 0 Å². The van der Waals surface area contributed by atoms with Crippen molar-refractivity contribution < 1.29 is 9.53 Å². The smallest absolute Gasteiger partial charge is 0.264 e. The summed E-state index contributed by atoms with van der Waals surface area (Å²) in [5.41, 5.74) is 3.63. The molecule has 0 aliphatic heterocycles. The molecule has 1 amide bonds. The Hall–Kier alpha value is -2.08. The molecule has 0 bridgehead atoms. The minimum Gasteiger partial charge on any atom is -0.484 e. The standard InChI is InChI=1S/C21H18Cl2N2O2S/c22-16-5-7-19(23)15(8-16)10-18-11-24-21(28-18)25-20(26)12-27-17-6-4-13-2-1-3-14(13)9-17/h4-9,11H,1-3,10,12H2,(H,24,25,26). The zero-order chi connectivity index (χ0) is 19.5. The Morgan fingerprint density at radius 1 is 1.14 bits per heavy atom. The lowest BCUT2D eigenvalue weighted by molar-refractivity contribution is -0.118. The second-order valence-corrected chi connectivity index (χ2v) is 8.62. The number of rotatable bonds is 6. The SMILES string of the molecule is O=C(COc1ccc2c(c1)CCC2)Nc1ncc(Cc2cc(Cl)ccc2Cl)s1. The second-order valence-electron chi connectivity index (χ2n) is 6.67. The van der Waals surface area contributed by atoms with Crippen LogP contribution < -0.4 is 10.1 Å². The molecular formula is C21H18Cl2N2O2S. The maximum atomic E-state index is 12.2. The molecule has 1 aliphatic carbocycles. The van der Waals surface area contributed by atoms with E-state index in [0.29, 0.717) is 21.6 Å². The van der Waals surface area contributed by atoms with Crippen LogP contribution in [0.2, 0.25) is 10.0 Å². The molecule has 1 aliphatic rings. The van der Waals surface area contributed by atoms with Crippen molar-refractivity contribution in [3.63, 3.8) is 0 Å². The third-order valence-corrected chi connectivity index (χ3v) is 6.13. The van der Waals surface area contributed by atoms with Crippen molar-refractivity contribution in [1.82, 2.24) is 4.98 Å². The highest BCUT2D eigenvalue weighted by Crippen LogP contribution is 2.28. The summed E-state index contributed by atoms with van der Waals surface area (Å²) < 4.78 is 5.63. The first-order valence-electron chi connectivity index (χ1n) is 9.00. The molecule has 0 atom stereocenters. The first kappa shape index (κ1) is 19.2. The van der Waals surface area contributed by atoms with Gasteiger partial charge in [-0.15, -0.1) is 11.3 Å². The molecule has 1 heterocycles. The van der Waals surface area contributed by atoms with E-state index in [9.17, 15) is 4.79 Å². The van der Waals surface area contributed by atoms with Gasteiger partial charge in [0.05, 0.1) is 0 Å². The fourth-order valence-corrected chi connectivity index (χ4v) is 4.49. The molecule has 0 spiro atoms. The maximum absolute atomic E-state index is 12.2. The molecule has 1 N–H and O–H groups in total. The number of benzene rings is 2. The number of anilines is 1. The molecular weight excluding hydrogens is 415 g/mol. The van der Waals surface area contributed by atoms with E-state index in [1.165, 1.54) is 28.9 Å². The Balaban J connectivity index is 1.32. The number of aromatic nitrogens is 1. The van der Waals surface area contributed by atoms with Crippen molar-refractivity contribution in [3.05, 3.63) is 74.2 Å². The molecule has 28 heavy (non-hydrogen) atoms. The number of halogens is 2. The van der Waals surface area contributed by atoms with E-state index in [0.717, 1.165) is 29.0 Å². The number of hydrogen-bond acceptors (Lipinski definition) is 4. The fraction of sp³-hybridized carbons (Fsp3) is 0.238. The van der Waals surface area contributed by atoms with Gasteiger partial charge in [0.1, 0.15) is 5.75 Å². The van der Waals surface area contributed by atoms with E-state index < -0.39 is 0 Å². The summed E-state index contributed by atoms with van der Waals surface area (Å²) in [6.45, 7) is -0.0478. The van der Waals surface area contributed by atoms with E-state index in [2.05, 4.69) is 16.4 Å². The molecule has 0 fully saturated rings. The molecule has 7 heteroatoms. The Morgan fingerprint density at radius 2 is 2.00 bits per heavy atom. The minimum atomic E-state index is -0.234. The molecule has 2 aromatic carbocycles.